The van der Waals surface area contributed by atoms with Gasteiger partial charge in [0.2, 0.25) is 5.91 Å². The smallest absolute Gasteiger partial charge is 0.243 e. The number of nitrogens with one attached hydrogen (secondary N) is 1. The minimum Gasteiger partial charge on any atom is -0.368 e. The molecule has 0 saturated carbocycles. The zero-order chi connectivity index (χ0) is 13.5. The molecule has 3 N–H and O–H groups in total. The zero-order valence-electron chi connectivity index (χ0n) is 10.0. The Labute approximate surface area is 114 Å². The lowest BCUT2D eigenvalue weighted by Gasteiger charge is -2.26. The molecule has 0 aromatic carbocycles. The standard InChI is InChI=1S/C11H13ClN4OS/c1-3-11(2,9(13)17)16-8-7(15-10(16)18)4-6(12)5-14-8/h4-5H,3H2,1-2H3,(H2,13,17)(H,15,18). The quantitative estimate of drug-likeness (QED) is 0.850. The van der Waals surface area contributed by atoms with Gasteiger partial charge in [-0.15, -0.1) is 0 Å². The van der Waals surface area contributed by atoms with Crippen molar-refractivity contribution in [1.29, 1.82) is 0 Å². The number of carbonyl (C=O) groups excluding carboxylic acids is 1. The molecule has 5 nitrogen and oxygen atoms in total. The van der Waals surface area contributed by atoms with Crippen LogP contribution < -0.4 is 5.73 Å². The molecule has 0 fully saturated rings. The number of hydrogen-bond donors (Lipinski definition) is 2. The van der Waals surface area contributed by atoms with Crippen LogP contribution in [0.2, 0.25) is 5.02 Å². The number of fused-ring (bicyclic) bond motifs is 1. The van der Waals surface area contributed by atoms with E-state index in [0.717, 1.165) is 0 Å². The maximum atomic E-state index is 11.7. The second-order valence-corrected chi connectivity index (χ2v) is 5.11. The molecule has 2 rings (SSSR count). The number of nitrogens with zero attached hydrogens (tertiary/aromatic N) is 2. The van der Waals surface area contributed by atoms with Gasteiger partial charge in [0.25, 0.3) is 0 Å². The summed E-state index contributed by atoms with van der Waals surface area (Å²) >= 11 is 11.1. The van der Waals surface area contributed by atoms with Crippen LogP contribution in [0.4, 0.5) is 0 Å². The van der Waals surface area contributed by atoms with Gasteiger partial charge < -0.3 is 10.7 Å². The van der Waals surface area contributed by atoms with Crippen molar-refractivity contribution in [3.8, 4) is 0 Å². The molecule has 18 heavy (non-hydrogen) atoms. The van der Waals surface area contributed by atoms with E-state index >= 15 is 0 Å². The highest BCUT2D eigenvalue weighted by Gasteiger charge is 2.33. The Morgan fingerprint density at radius 3 is 2.94 bits per heavy atom. The fourth-order valence-electron chi connectivity index (χ4n) is 1.87. The van der Waals surface area contributed by atoms with Crippen LogP contribution in [-0.4, -0.2) is 20.4 Å². The Bertz CT molecular complexity index is 677. The van der Waals surface area contributed by atoms with Gasteiger partial charge in [-0.05, 0) is 31.6 Å². The van der Waals surface area contributed by atoms with Crippen LogP contribution in [0.15, 0.2) is 12.3 Å². The van der Waals surface area contributed by atoms with Crippen molar-refractivity contribution >= 4 is 40.9 Å². The fraction of sp³-hybridized carbons (Fsp3) is 0.364. The molecule has 0 aliphatic rings. The Kier molecular flexibility index (Phi) is 3.16. The number of aromatic amines is 1. The molecular weight excluding hydrogens is 272 g/mol. The normalized spacial score (nSPS) is 14.6. The van der Waals surface area contributed by atoms with E-state index in [1.807, 2.05) is 6.92 Å². The summed E-state index contributed by atoms with van der Waals surface area (Å²) in [6.45, 7) is 3.62. The highest BCUT2D eigenvalue weighted by molar-refractivity contribution is 7.71. The number of primary amides is 1. The number of carbonyl (C=O) groups is 1. The van der Waals surface area contributed by atoms with Crippen molar-refractivity contribution in [2.45, 2.75) is 25.8 Å². The van der Waals surface area contributed by atoms with Gasteiger partial charge in [0.15, 0.2) is 10.4 Å². The van der Waals surface area contributed by atoms with E-state index in [1.54, 1.807) is 17.6 Å². The Hall–Kier alpha value is -1.40. The van der Waals surface area contributed by atoms with Gasteiger partial charge in [-0.3, -0.25) is 9.36 Å². The molecule has 1 atom stereocenters. The van der Waals surface area contributed by atoms with Crippen LogP contribution in [0.5, 0.6) is 0 Å². The lowest BCUT2D eigenvalue weighted by molar-refractivity contribution is -0.125. The molecule has 0 radical (unpaired) electrons. The van der Waals surface area contributed by atoms with E-state index in [-0.39, 0.29) is 0 Å². The van der Waals surface area contributed by atoms with Crippen molar-refractivity contribution < 1.29 is 4.79 Å². The molecule has 1 amide bonds. The zero-order valence-corrected chi connectivity index (χ0v) is 11.6. The molecule has 2 aromatic rings. The number of imidazole rings is 1. The van der Waals surface area contributed by atoms with E-state index < -0.39 is 11.4 Å². The summed E-state index contributed by atoms with van der Waals surface area (Å²) in [7, 11) is 0. The van der Waals surface area contributed by atoms with Gasteiger partial charge in [0.1, 0.15) is 5.54 Å². The molecule has 2 aromatic heterocycles. The maximum Gasteiger partial charge on any atom is 0.243 e. The van der Waals surface area contributed by atoms with Crippen LogP contribution in [0.3, 0.4) is 0 Å². The Morgan fingerprint density at radius 1 is 1.72 bits per heavy atom. The summed E-state index contributed by atoms with van der Waals surface area (Å²) in [6, 6.07) is 1.72. The SMILES string of the molecule is CCC(C)(C(N)=O)n1c(=S)[nH]c2cc(Cl)cnc21. The molecule has 0 aliphatic carbocycles. The van der Waals surface area contributed by atoms with E-state index in [1.165, 1.54) is 6.20 Å². The lowest BCUT2D eigenvalue weighted by atomic mass is 9.98. The van der Waals surface area contributed by atoms with Gasteiger partial charge >= 0.3 is 0 Å². The predicted molar refractivity (Wildman–Crippen MR) is 73.1 cm³/mol. The van der Waals surface area contributed by atoms with E-state index in [2.05, 4.69) is 9.97 Å². The second kappa shape index (κ2) is 4.37. The summed E-state index contributed by atoms with van der Waals surface area (Å²) < 4.78 is 2.05. The van der Waals surface area contributed by atoms with Gasteiger partial charge in [0, 0.05) is 6.20 Å². The fourth-order valence-corrected chi connectivity index (χ4v) is 2.43. The third kappa shape index (κ3) is 1.81. The molecular formula is C11H13ClN4OS. The van der Waals surface area contributed by atoms with Crippen molar-refractivity contribution in [3.05, 3.63) is 22.1 Å². The minimum atomic E-state index is -0.907. The molecule has 0 spiro atoms. The lowest BCUT2D eigenvalue weighted by Crippen LogP contribution is -2.43. The average Bonchev–Trinajstić information content (AvgIpc) is 2.63. The van der Waals surface area contributed by atoms with Crippen LogP contribution in [0.25, 0.3) is 11.2 Å². The molecule has 0 aliphatic heterocycles. The number of pyridine rings is 1. The van der Waals surface area contributed by atoms with Crippen LogP contribution in [0.1, 0.15) is 20.3 Å². The number of rotatable bonds is 3. The van der Waals surface area contributed by atoms with Crippen LogP contribution >= 0.6 is 23.8 Å². The highest BCUT2D eigenvalue weighted by atomic mass is 35.5. The van der Waals surface area contributed by atoms with E-state index in [0.29, 0.717) is 27.4 Å². The first-order chi connectivity index (χ1) is 8.40. The monoisotopic (exact) mass is 284 g/mol. The first-order valence-electron chi connectivity index (χ1n) is 5.47. The summed E-state index contributed by atoms with van der Waals surface area (Å²) in [4.78, 5) is 18.9. The highest BCUT2D eigenvalue weighted by Crippen LogP contribution is 2.26. The van der Waals surface area contributed by atoms with Crippen LogP contribution in [0, 0.1) is 4.77 Å². The largest absolute Gasteiger partial charge is 0.368 e. The Morgan fingerprint density at radius 2 is 2.39 bits per heavy atom. The molecule has 2 heterocycles. The number of nitrogens with two attached hydrogens (primary N) is 1. The van der Waals surface area contributed by atoms with Gasteiger partial charge in [-0.25, -0.2) is 4.98 Å². The van der Waals surface area contributed by atoms with Gasteiger partial charge in [0.05, 0.1) is 10.5 Å². The number of aromatic nitrogens is 3. The first-order valence-corrected chi connectivity index (χ1v) is 6.25. The topological polar surface area (TPSA) is 76.7 Å². The average molecular weight is 285 g/mol. The molecule has 1 unspecified atom stereocenters. The first kappa shape index (κ1) is 13.0. The molecule has 0 saturated heterocycles. The third-order valence-corrected chi connectivity index (χ3v) is 3.69. The summed E-state index contributed by atoms with van der Waals surface area (Å²) in [5, 5.41) is 0.503. The third-order valence-electron chi connectivity index (χ3n) is 3.20. The summed E-state index contributed by atoms with van der Waals surface area (Å²) in [6.07, 6.45) is 2.04. The second-order valence-electron chi connectivity index (χ2n) is 4.28. The maximum absolute atomic E-state index is 11.7. The number of amides is 1. The molecule has 7 heteroatoms. The van der Waals surface area contributed by atoms with Gasteiger partial charge in [-0.2, -0.15) is 0 Å². The van der Waals surface area contributed by atoms with Crippen molar-refractivity contribution in [1.82, 2.24) is 14.5 Å². The van der Waals surface area contributed by atoms with E-state index in [4.69, 9.17) is 29.6 Å². The van der Waals surface area contributed by atoms with Crippen molar-refractivity contribution in [2.24, 2.45) is 5.73 Å². The number of halogens is 1. The minimum absolute atomic E-state index is 0.405. The number of H-pyrrole nitrogens is 1. The van der Waals surface area contributed by atoms with Crippen LogP contribution in [-0.2, 0) is 10.3 Å². The summed E-state index contributed by atoms with van der Waals surface area (Å²) in [5.74, 6) is -0.446. The molecule has 96 valence electrons. The Balaban J connectivity index is 2.82. The predicted octanol–water partition coefficient (Wildman–Crippen LogP) is 2.36. The van der Waals surface area contributed by atoms with Gasteiger partial charge in [-0.1, -0.05) is 18.5 Å². The van der Waals surface area contributed by atoms with Crippen molar-refractivity contribution in [2.75, 3.05) is 0 Å². The molecule has 0 bridgehead atoms. The van der Waals surface area contributed by atoms with Crippen molar-refractivity contribution in [3.63, 3.8) is 0 Å². The summed E-state index contributed by atoms with van der Waals surface area (Å²) in [5.41, 5.74) is 5.85. The van der Waals surface area contributed by atoms with E-state index in [9.17, 15) is 4.79 Å². The number of hydrogen-bond acceptors (Lipinski definition) is 3.